The average Bonchev–Trinajstić information content (AvgIpc) is 2.42. The summed E-state index contributed by atoms with van der Waals surface area (Å²) in [5, 5.41) is 3.09. The van der Waals surface area contributed by atoms with Crippen LogP contribution in [0.4, 0.5) is 0 Å². The molecule has 1 aliphatic carbocycles. The van der Waals surface area contributed by atoms with Gasteiger partial charge in [-0.15, -0.1) is 0 Å². The fraction of sp³-hybridized carbons (Fsp3) is 0.917. The summed E-state index contributed by atoms with van der Waals surface area (Å²) in [5.41, 5.74) is -0.0508. The third kappa shape index (κ3) is 2.17. The van der Waals surface area contributed by atoms with Crippen molar-refractivity contribution >= 4 is 5.91 Å². The highest BCUT2D eigenvalue weighted by atomic mass is 16.2. The van der Waals surface area contributed by atoms with Crippen LogP contribution in [0.3, 0.4) is 0 Å². The molecule has 3 nitrogen and oxygen atoms in total. The Balaban J connectivity index is 2.13. The van der Waals surface area contributed by atoms with E-state index in [0.717, 1.165) is 39.0 Å². The Morgan fingerprint density at radius 2 is 2.07 bits per heavy atom. The molecule has 2 rings (SSSR count). The number of nitrogens with one attached hydrogen (secondary N) is 1. The highest BCUT2D eigenvalue weighted by molar-refractivity contribution is 5.83. The van der Waals surface area contributed by atoms with Crippen LogP contribution >= 0.6 is 0 Å². The summed E-state index contributed by atoms with van der Waals surface area (Å²) in [6, 6.07) is 0. The number of hydrogen-bond acceptors (Lipinski definition) is 2. The number of amides is 1. The maximum absolute atomic E-state index is 12.1. The summed E-state index contributed by atoms with van der Waals surface area (Å²) in [6.45, 7) is 6.08. The minimum atomic E-state index is -0.0508. The van der Waals surface area contributed by atoms with Crippen LogP contribution in [0.2, 0.25) is 0 Å². The van der Waals surface area contributed by atoms with Crippen molar-refractivity contribution in [3.05, 3.63) is 0 Å². The molecule has 0 atom stereocenters. The van der Waals surface area contributed by atoms with Gasteiger partial charge in [-0.1, -0.05) is 26.2 Å². The van der Waals surface area contributed by atoms with E-state index in [1.807, 2.05) is 0 Å². The van der Waals surface area contributed by atoms with Crippen LogP contribution in [0.5, 0.6) is 0 Å². The first-order chi connectivity index (χ1) is 7.27. The van der Waals surface area contributed by atoms with Crippen LogP contribution in [-0.2, 0) is 4.79 Å². The lowest BCUT2D eigenvalue weighted by atomic mass is 9.73. The molecule has 86 valence electrons. The molecule has 0 unspecified atom stereocenters. The molecular weight excluding hydrogens is 188 g/mol. The van der Waals surface area contributed by atoms with Gasteiger partial charge in [0.2, 0.25) is 5.91 Å². The predicted molar refractivity (Wildman–Crippen MR) is 60.6 cm³/mol. The third-order valence-corrected chi connectivity index (χ3v) is 3.98. The summed E-state index contributed by atoms with van der Waals surface area (Å²) in [6.07, 6.45) is 5.95. The summed E-state index contributed by atoms with van der Waals surface area (Å²) < 4.78 is 0. The quantitative estimate of drug-likeness (QED) is 0.709. The Morgan fingerprint density at radius 1 is 1.33 bits per heavy atom. The minimum absolute atomic E-state index is 0.0508. The van der Waals surface area contributed by atoms with Gasteiger partial charge in [0, 0.05) is 19.6 Å². The van der Waals surface area contributed by atoms with E-state index in [0.29, 0.717) is 5.91 Å². The lowest BCUT2D eigenvalue weighted by Gasteiger charge is -2.37. The maximum atomic E-state index is 12.1. The topological polar surface area (TPSA) is 32.3 Å². The molecule has 1 aliphatic heterocycles. The Kier molecular flexibility index (Phi) is 3.29. The fourth-order valence-electron chi connectivity index (χ4n) is 2.98. The molecular formula is C12H22N2O. The van der Waals surface area contributed by atoms with Crippen molar-refractivity contribution in [3.63, 3.8) is 0 Å². The first-order valence-corrected chi connectivity index (χ1v) is 6.27. The van der Waals surface area contributed by atoms with Gasteiger partial charge < -0.3 is 10.2 Å². The highest BCUT2D eigenvalue weighted by Gasteiger charge is 2.41. The van der Waals surface area contributed by atoms with Crippen molar-refractivity contribution in [2.75, 3.05) is 26.2 Å². The number of carbonyl (C=O) groups excluding carboxylic acids is 1. The van der Waals surface area contributed by atoms with Crippen LogP contribution < -0.4 is 5.32 Å². The average molecular weight is 210 g/mol. The van der Waals surface area contributed by atoms with E-state index >= 15 is 0 Å². The van der Waals surface area contributed by atoms with Gasteiger partial charge in [0.15, 0.2) is 0 Å². The van der Waals surface area contributed by atoms with Gasteiger partial charge in [-0.05, 0) is 19.4 Å². The van der Waals surface area contributed by atoms with E-state index < -0.39 is 0 Å². The summed E-state index contributed by atoms with van der Waals surface area (Å²) >= 11 is 0. The van der Waals surface area contributed by atoms with Gasteiger partial charge in [-0.2, -0.15) is 0 Å². The zero-order valence-corrected chi connectivity index (χ0v) is 9.72. The molecule has 15 heavy (non-hydrogen) atoms. The number of hydrogen-bond donors (Lipinski definition) is 1. The van der Waals surface area contributed by atoms with Crippen LogP contribution in [0, 0.1) is 5.41 Å². The molecule has 3 heteroatoms. The molecule has 1 saturated carbocycles. The molecule has 0 radical (unpaired) electrons. The fourth-order valence-corrected chi connectivity index (χ4v) is 2.98. The second-order valence-corrected chi connectivity index (χ2v) is 4.97. The Morgan fingerprint density at radius 3 is 2.73 bits per heavy atom. The first-order valence-electron chi connectivity index (χ1n) is 6.27. The normalized spacial score (nSPS) is 27.4. The number of carbonyl (C=O) groups is 1. The first kappa shape index (κ1) is 10.9. The second-order valence-electron chi connectivity index (χ2n) is 4.97. The zero-order valence-electron chi connectivity index (χ0n) is 9.72. The number of rotatable bonds is 1. The van der Waals surface area contributed by atoms with Crippen molar-refractivity contribution in [2.24, 2.45) is 5.41 Å². The summed E-state index contributed by atoms with van der Waals surface area (Å²) in [7, 11) is 0. The molecule has 0 aromatic carbocycles. The van der Waals surface area contributed by atoms with E-state index in [9.17, 15) is 4.79 Å². The van der Waals surface area contributed by atoms with E-state index in [4.69, 9.17) is 0 Å². The van der Waals surface area contributed by atoms with Gasteiger partial charge in [0.1, 0.15) is 0 Å². The molecule has 1 saturated heterocycles. The zero-order chi connectivity index (χ0) is 10.7. The molecule has 1 spiro atoms. The lowest BCUT2D eigenvalue weighted by Crippen LogP contribution is -2.45. The van der Waals surface area contributed by atoms with Gasteiger partial charge >= 0.3 is 0 Å². The van der Waals surface area contributed by atoms with E-state index in [1.165, 1.54) is 19.3 Å². The Hall–Kier alpha value is -0.570. The van der Waals surface area contributed by atoms with E-state index in [1.54, 1.807) is 0 Å². The smallest absolute Gasteiger partial charge is 0.227 e. The van der Waals surface area contributed by atoms with Crippen molar-refractivity contribution in [2.45, 2.75) is 39.0 Å². The molecule has 0 aromatic heterocycles. The lowest BCUT2D eigenvalue weighted by molar-refractivity contribution is -0.132. The van der Waals surface area contributed by atoms with Gasteiger partial charge in [0.05, 0.1) is 5.41 Å². The van der Waals surface area contributed by atoms with Gasteiger partial charge in [0.25, 0.3) is 0 Å². The molecule has 1 heterocycles. The van der Waals surface area contributed by atoms with Crippen LogP contribution in [0.25, 0.3) is 0 Å². The number of likely N-dealkylation sites (N-methyl/N-ethyl adjacent to an activating group) is 1. The molecule has 0 aromatic rings. The van der Waals surface area contributed by atoms with Crippen molar-refractivity contribution in [3.8, 4) is 0 Å². The second kappa shape index (κ2) is 4.52. The third-order valence-electron chi connectivity index (χ3n) is 3.98. The molecule has 1 N–H and O–H groups in total. The largest absolute Gasteiger partial charge is 0.354 e. The van der Waals surface area contributed by atoms with Crippen molar-refractivity contribution in [1.82, 2.24) is 10.2 Å². The van der Waals surface area contributed by atoms with E-state index in [-0.39, 0.29) is 5.41 Å². The highest BCUT2D eigenvalue weighted by Crippen LogP contribution is 2.37. The molecule has 2 fully saturated rings. The van der Waals surface area contributed by atoms with Gasteiger partial charge in [-0.3, -0.25) is 4.79 Å². The molecule has 2 aliphatic rings. The SMILES string of the molecule is CCN1CCNC(=O)C2(CCCCC2)C1. The number of nitrogens with zero attached hydrogens (tertiary/aromatic N) is 1. The van der Waals surface area contributed by atoms with Crippen LogP contribution in [-0.4, -0.2) is 37.0 Å². The molecule has 0 bridgehead atoms. The summed E-state index contributed by atoms with van der Waals surface area (Å²) in [5.74, 6) is 0.318. The predicted octanol–water partition coefficient (Wildman–Crippen LogP) is 1.39. The maximum Gasteiger partial charge on any atom is 0.227 e. The monoisotopic (exact) mass is 210 g/mol. The molecule has 1 amide bonds. The Labute approximate surface area is 92.2 Å². The summed E-state index contributed by atoms with van der Waals surface area (Å²) in [4.78, 5) is 14.5. The standard InChI is InChI=1S/C12H22N2O/c1-2-14-9-8-13-11(15)12(10-14)6-4-3-5-7-12/h2-10H2,1H3,(H,13,15). The van der Waals surface area contributed by atoms with Crippen molar-refractivity contribution < 1.29 is 4.79 Å². The van der Waals surface area contributed by atoms with E-state index in [2.05, 4.69) is 17.1 Å². The Bertz CT molecular complexity index is 234. The van der Waals surface area contributed by atoms with Crippen LogP contribution in [0.15, 0.2) is 0 Å². The van der Waals surface area contributed by atoms with Crippen LogP contribution in [0.1, 0.15) is 39.0 Å². The van der Waals surface area contributed by atoms with Crippen molar-refractivity contribution in [1.29, 1.82) is 0 Å². The minimum Gasteiger partial charge on any atom is -0.354 e. The van der Waals surface area contributed by atoms with Gasteiger partial charge in [-0.25, -0.2) is 0 Å².